The summed E-state index contributed by atoms with van der Waals surface area (Å²) < 4.78 is 16.5. The van der Waals surface area contributed by atoms with E-state index < -0.39 is 0 Å². The van der Waals surface area contributed by atoms with Crippen LogP contribution in [0.2, 0.25) is 0 Å². The zero-order valence-corrected chi connectivity index (χ0v) is 13.3. The van der Waals surface area contributed by atoms with Crippen molar-refractivity contribution in [1.29, 1.82) is 0 Å². The van der Waals surface area contributed by atoms with Crippen molar-refractivity contribution >= 4 is 5.91 Å². The molecule has 0 radical (unpaired) electrons. The van der Waals surface area contributed by atoms with E-state index in [1.165, 1.54) is 6.26 Å². The molecule has 1 saturated heterocycles. The fourth-order valence-electron chi connectivity index (χ4n) is 2.84. The number of likely N-dealkylation sites (tertiary alicyclic amines) is 1. The molecule has 1 amide bonds. The predicted molar refractivity (Wildman–Crippen MR) is 83.4 cm³/mol. The van der Waals surface area contributed by atoms with E-state index in [2.05, 4.69) is 4.98 Å². The average Bonchev–Trinajstić information content (AvgIpc) is 3.19. The number of furan rings is 1. The Morgan fingerprint density at radius 1 is 1.48 bits per heavy atom. The fraction of sp³-hybridized carbons (Fsp3) is 0.412. The van der Waals surface area contributed by atoms with Crippen LogP contribution in [0.3, 0.4) is 0 Å². The molecule has 1 aliphatic rings. The van der Waals surface area contributed by atoms with Gasteiger partial charge in [-0.1, -0.05) is 0 Å². The van der Waals surface area contributed by atoms with Crippen molar-refractivity contribution in [3.63, 3.8) is 0 Å². The van der Waals surface area contributed by atoms with Crippen LogP contribution < -0.4 is 4.74 Å². The molecular formula is C17H20N2O4. The lowest BCUT2D eigenvalue weighted by Gasteiger charge is -2.24. The zero-order chi connectivity index (χ0) is 16.2. The van der Waals surface area contributed by atoms with Crippen LogP contribution >= 0.6 is 0 Å². The van der Waals surface area contributed by atoms with Gasteiger partial charge in [-0.25, -0.2) is 0 Å². The molecule has 0 saturated carbocycles. The van der Waals surface area contributed by atoms with Crippen molar-refractivity contribution in [3.05, 3.63) is 48.2 Å². The van der Waals surface area contributed by atoms with E-state index in [1.54, 1.807) is 32.5 Å². The molecule has 0 bridgehead atoms. The number of hydrogen-bond acceptors (Lipinski definition) is 5. The predicted octanol–water partition coefficient (Wildman–Crippen LogP) is 2.29. The lowest BCUT2D eigenvalue weighted by Crippen LogP contribution is -2.39. The van der Waals surface area contributed by atoms with Gasteiger partial charge in [0.25, 0.3) is 5.91 Å². The first kappa shape index (κ1) is 15.6. The van der Waals surface area contributed by atoms with E-state index in [0.717, 1.165) is 6.42 Å². The number of methoxy groups -OCH3 is 1. The minimum atomic E-state index is -0.0458. The van der Waals surface area contributed by atoms with Gasteiger partial charge in [-0.2, -0.15) is 0 Å². The van der Waals surface area contributed by atoms with Gasteiger partial charge < -0.3 is 18.8 Å². The second-order valence-corrected chi connectivity index (χ2v) is 5.59. The maximum absolute atomic E-state index is 12.8. The zero-order valence-electron chi connectivity index (χ0n) is 13.3. The van der Waals surface area contributed by atoms with Crippen LogP contribution in [0.4, 0.5) is 0 Å². The van der Waals surface area contributed by atoms with Crippen molar-refractivity contribution in [2.75, 3.05) is 20.3 Å². The fourth-order valence-corrected chi connectivity index (χ4v) is 2.84. The summed E-state index contributed by atoms with van der Waals surface area (Å²) >= 11 is 0. The van der Waals surface area contributed by atoms with Gasteiger partial charge in [0.15, 0.2) is 0 Å². The standard InChI is InChI=1S/C17H20N2O4/c1-12-16(5-7-22-12)17(20)19-10-15(21-2)8-13(19)11-23-14-4-3-6-18-9-14/h3-7,9,13,15H,8,10-11H2,1-2H3/t13-,15+/m0/s1. The number of nitrogens with zero attached hydrogens (tertiary/aromatic N) is 2. The number of hydrogen-bond donors (Lipinski definition) is 0. The molecule has 3 rings (SSSR count). The number of pyridine rings is 1. The van der Waals surface area contributed by atoms with Crippen LogP contribution in [-0.2, 0) is 4.74 Å². The van der Waals surface area contributed by atoms with Gasteiger partial charge in [0.1, 0.15) is 18.1 Å². The first-order valence-electron chi connectivity index (χ1n) is 7.59. The molecule has 0 spiro atoms. The van der Waals surface area contributed by atoms with Crippen molar-refractivity contribution in [2.24, 2.45) is 0 Å². The summed E-state index contributed by atoms with van der Waals surface area (Å²) in [6.45, 7) is 2.76. The maximum atomic E-state index is 12.8. The van der Waals surface area contributed by atoms with Gasteiger partial charge in [-0.15, -0.1) is 0 Å². The largest absolute Gasteiger partial charge is 0.490 e. The maximum Gasteiger partial charge on any atom is 0.257 e. The quantitative estimate of drug-likeness (QED) is 0.847. The van der Waals surface area contributed by atoms with Crippen LogP contribution in [0.5, 0.6) is 5.75 Å². The van der Waals surface area contributed by atoms with E-state index in [1.807, 2.05) is 17.0 Å². The molecule has 23 heavy (non-hydrogen) atoms. The van der Waals surface area contributed by atoms with Crippen LogP contribution in [-0.4, -0.2) is 48.2 Å². The van der Waals surface area contributed by atoms with Crippen LogP contribution in [0.15, 0.2) is 41.3 Å². The van der Waals surface area contributed by atoms with E-state index in [9.17, 15) is 4.79 Å². The third-order valence-corrected chi connectivity index (χ3v) is 4.14. The number of rotatable bonds is 5. The Morgan fingerprint density at radius 2 is 2.35 bits per heavy atom. The second-order valence-electron chi connectivity index (χ2n) is 5.59. The summed E-state index contributed by atoms with van der Waals surface area (Å²) in [6.07, 6.45) is 5.66. The SMILES string of the molecule is CO[C@@H]1C[C@@H](COc2cccnc2)N(C(=O)c2ccoc2C)C1. The topological polar surface area (TPSA) is 64.8 Å². The first-order chi connectivity index (χ1) is 11.2. The summed E-state index contributed by atoms with van der Waals surface area (Å²) in [5.74, 6) is 1.28. The Balaban J connectivity index is 1.71. The molecule has 0 aliphatic carbocycles. The molecule has 122 valence electrons. The molecule has 0 unspecified atom stereocenters. The number of aryl methyl sites for hydroxylation is 1. The summed E-state index contributed by atoms with van der Waals surface area (Å²) in [5, 5.41) is 0. The molecular weight excluding hydrogens is 296 g/mol. The Kier molecular flexibility index (Phi) is 4.62. The molecule has 3 heterocycles. The molecule has 6 nitrogen and oxygen atoms in total. The summed E-state index contributed by atoms with van der Waals surface area (Å²) in [5.41, 5.74) is 0.591. The summed E-state index contributed by atoms with van der Waals surface area (Å²) in [7, 11) is 1.67. The van der Waals surface area contributed by atoms with E-state index >= 15 is 0 Å². The number of ether oxygens (including phenoxy) is 2. The second kappa shape index (κ2) is 6.83. The van der Waals surface area contributed by atoms with Crippen LogP contribution in [0, 0.1) is 6.92 Å². The van der Waals surface area contributed by atoms with Crippen LogP contribution in [0.25, 0.3) is 0 Å². The lowest BCUT2D eigenvalue weighted by atomic mass is 10.2. The molecule has 2 atom stereocenters. The van der Waals surface area contributed by atoms with E-state index in [0.29, 0.717) is 30.2 Å². The third-order valence-electron chi connectivity index (χ3n) is 4.14. The van der Waals surface area contributed by atoms with Crippen LogP contribution in [0.1, 0.15) is 22.5 Å². The highest BCUT2D eigenvalue weighted by atomic mass is 16.5. The van der Waals surface area contributed by atoms with Crippen molar-refractivity contribution < 1.29 is 18.7 Å². The highest BCUT2D eigenvalue weighted by molar-refractivity contribution is 5.95. The number of carbonyl (C=O) groups excluding carboxylic acids is 1. The molecule has 2 aromatic rings. The molecule has 6 heteroatoms. The molecule has 2 aromatic heterocycles. The molecule has 1 aliphatic heterocycles. The lowest BCUT2D eigenvalue weighted by molar-refractivity contribution is 0.0656. The van der Waals surface area contributed by atoms with Gasteiger partial charge in [-0.3, -0.25) is 9.78 Å². The Bertz CT molecular complexity index is 656. The molecule has 1 fully saturated rings. The summed E-state index contributed by atoms with van der Waals surface area (Å²) in [6, 6.07) is 5.33. The Morgan fingerprint density at radius 3 is 3.00 bits per heavy atom. The monoisotopic (exact) mass is 316 g/mol. The minimum absolute atomic E-state index is 0.0219. The van der Waals surface area contributed by atoms with Gasteiger partial charge in [0.05, 0.1) is 30.2 Å². The number of aromatic nitrogens is 1. The highest BCUT2D eigenvalue weighted by Crippen LogP contribution is 2.24. The number of carbonyl (C=O) groups is 1. The normalized spacial score (nSPS) is 20.7. The van der Waals surface area contributed by atoms with Crippen molar-refractivity contribution in [2.45, 2.75) is 25.5 Å². The van der Waals surface area contributed by atoms with Gasteiger partial charge >= 0.3 is 0 Å². The Labute approximate surface area is 135 Å². The first-order valence-corrected chi connectivity index (χ1v) is 7.59. The van der Waals surface area contributed by atoms with E-state index in [4.69, 9.17) is 13.9 Å². The smallest absolute Gasteiger partial charge is 0.257 e. The van der Waals surface area contributed by atoms with Gasteiger partial charge in [0.2, 0.25) is 0 Å². The summed E-state index contributed by atoms with van der Waals surface area (Å²) in [4.78, 5) is 18.6. The molecule has 0 N–H and O–H groups in total. The average molecular weight is 316 g/mol. The van der Waals surface area contributed by atoms with Crippen molar-refractivity contribution in [3.8, 4) is 5.75 Å². The van der Waals surface area contributed by atoms with Gasteiger partial charge in [0, 0.05) is 19.9 Å². The van der Waals surface area contributed by atoms with Crippen molar-refractivity contribution in [1.82, 2.24) is 9.88 Å². The van der Waals surface area contributed by atoms with Gasteiger partial charge in [-0.05, 0) is 31.5 Å². The number of amides is 1. The van der Waals surface area contributed by atoms with E-state index in [-0.39, 0.29) is 18.1 Å². The third kappa shape index (κ3) is 3.37. The Hall–Kier alpha value is -2.34. The highest BCUT2D eigenvalue weighted by Gasteiger charge is 2.37. The minimum Gasteiger partial charge on any atom is -0.490 e. The molecule has 0 aromatic carbocycles.